The number of hydrogen-bond donors (Lipinski definition) is 1. The number of aliphatic hydroxyl groups is 1. The van der Waals surface area contributed by atoms with Gasteiger partial charge in [-0.3, -0.25) is 4.68 Å². The number of aromatic nitrogens is 2. The third-order valence-corrected chi connectivity index (χ3v) is 3.08. The number of thioether (sulfide) groups is 1. The zero-order valence-electron chi connectivity index (χ0n) is 8.93. The summed E-state index contributed by atoms with van der Waals surface area (Å²) < 4.78 is 6.15. The van der Waals surface area contributed by atoms with Gasteiger partial charge in [-0.15, -0.1) is 11.8 Å². The number of nitrogens with zero attached hydrogens (tertiary/aromatic N) is 2. The molecule has 5 nitrogen and oxygen atoms in total. The lowest BCUT2D eigenvalue weighted by Crippen LogP contribution is -2.38. The number of rotatable bonds is 4. The van der Waals surface area contributed by atoms with Crippen LogP contribution in [0.1, 0.15) is 6.92 Å². The zero-order chi connectivity index (χ0) is 11.5. The molecule has 1 N–H and O–H groups in total. The van der Waals surface area contributed by atoms with Crippen LogP contribution in [0.4, 0.5) is 0 Å². The third kappa shape index (κ3) is 3.24. The summed E-state index contributed by atoms with van der Waals surface area (Å²) in [6.07, 6.45) is 3.50. The van der Waals surface area contributed by atoms with E-state index < -0.39 is 11.6 Å². The zero-order valence-corrected chi connectivity index (χ0v) is 9.74. The topological polar surface area (TPSA) is 64.3 Å². The highest BCUT2D eigenvalue weighted by atomic mass is 32.2. The highest BCUT2D eigenvalue weighted by Gasteiger charge is 2.31. The summed E-state index contributed by atoms with van der Waals surface area (Å²) >= 11 is 1.36. The molecule has 0 amide bonds. The Morgan fingerprint density at radius 1 is 1.80 bits per heavy atom. The molecule has 0 aromatic carbocycles. The molecule has 0 fully saturated rings. The summed E-state index contributed by atoms with van der Waals surface area (Å²) in [7, 11) is 3.06. The predicted octanol–water partition coefficient (Wildman–Crippen LogP) is 0.436. The van der Waals surface area contributed by atoms with E-state index in [-0.39, 0.29) is 5.75 Å². The molecule has 15 heavy (non-hydrogen) atoms. The lowest BCUT2D eigenvalue weighted by molar-refractivity contribution is -0.158. The second-order valence-electron chi connectivity index (χ2n) is 3.40. The van der Waals surface area contributed by atoms with Crippen LogP contribution in [0.25, 0.3) is 0 Å². The third-order valence-electron chi connectivity index (χ3n) is 1.83. The minimum atomic E-state index is -1.46. The van der Waals surface area contributed by atoms with E-state index in [1.165, 1.54) is 25.8 Å². The SMILES string of the molecule is COC(=O)C(C)(O)CSc1cnn(C)c1. The summed E-state index contributed by atoms with van der Waals surface area (Å²) in [5, 5.41) is 13.7. The molecule has 84 valence electrons. The Hall–Kier alpha value is -1.01. The molecule has 0 aliphatic rings. The minimum Gasteiger partial charge on any atom is -0.467 e. The molecular formula is C9H14N2O3S. The Bertz CT molecular complexity index is 349. The van der Waals surface area contributed by atoms with Crippen LogP contribution in [0.3, 0.4) is 0 Å². The van der Waals surface area contributed by atoms with Crippen LogP contribution in [0.5, 0.6) is 0 Å². The van der Waals surface area contributed by atoms with Gasteiger partial charge in [0.25, 0.3) is 0 Å². The number of ether oxygens (including phenoxy) is 1. The fourth-order valence-corrected chi connectivity index (χ4v) is 1.89. The van der Waals surface area contributed by atoms with Crippen LogP contribution in [0.15, 0.2) is 17.3 Å². The van der Waals surface area contributed by atoms with Crippen LogP contribution in [-0.4, -0.2) is 39.3 Å². The number of methoxy groups -OCH3 is 1. The Balaban J connectivity index is 2.53. The standard InChI is InChI=1S/C9H14N2O3S/c1-9(13,8(12)14-3)6-15-7-4-10-11(2)5-7/h4-5,13H,6H2,1-3H3. The first kappa shape index (κ1) is 12.1. The number of aryl methyl sites for hydroxylation is 1. The van der Waals surface area contributed by atoms with Crippen molar-refractivity contribution in [3.63, 3.8) is 0 Å². The van der Waals surface area contributed by atoms with E-state index in [2.05, 4.69) is 9.84 Å². The molecule has 1 aromatic heterocycles. The Labute approximate surface area is 92.4 Å². The van der Waals surface area contributed by atoms with E-state index in [0.29, 0.717) is 0 Å². The maximum Gasteiger partial charge on any atom is 0.338 e. The van der Waals surface area contributed by atoms with Crippen molar-refractivity contribution < 1.29 is 14.6 Å². The van der Waals surface area contributed by atoms with Gasteiger partial charge < -0.3 is 9.84 Å². The van der Waals surface area contributed by atoms with Gasteiger partial charge in [0, 0.05) is 23.9 Å². The molecule has 1 heterocycles. The van der Waals surface area contributed by atoms with Crippen molar-refractivity contribution >= 4 is 17.7 Å². The summed E-state index contributed by atoms with van der Waals surface area (Å²) in [5.41, 5.74) is -1.46. The van der Waals surface area contributed by atoms with Gasteiger partial charge >= 0.3 is 5.97 Å². The van der Waals surface area contributed by atoms with Gasteiger partial charge in [-0.05, 0) is 6.92 Å². The molecule has 0 aliphatic heterocycles. The summed E-state index contributed by atoms with van der Waals surface area (Å²) in [5.74, 6) is -0.385. The summed E-state index contributed by atoms with van der Waals surface area (Å²) in [4.78, 5) is 12.1. The van der Waals surface area contributed by atoms with Crippen molar-refractivity contribution in [2.24, 2.45) is 7.05 Å². The van der Waals surface area contributed by atoms with Crippen molar-refractivity contribution in [3.8, 4) is 0 Å². The summed E-state index contributed by atoms with van der Waals surface area (Å²) in [6, 6.07) is 0. The van der Waals surface area contributed by atoms with E-state index in [9.17, 15) is 9.90 Å². The molecule has 6 heteroatoms. The quantitative estimate of drug-likeness (QED) is 0.600. The first-order valence-corrected chi connectivity index (χ1v) is 5.36. The van der Waals surface area contributed by atoms with E-state index in [1.807, 2.05) is 13.2 Å². The lowest BCUT2D eigenvalue weighted by Gasteiger charge is -2.18. The average Bonchev–Trinajstić information content (AvgIpc) is 2.60. The molecule has 0 saturated heterocycles. The van der Waals surface area contributed by atoms with E-state index in [1.54, 1.807) is 10.9 Å². The molecular weight excluding hydrogens is 216 g/mol. The van der Waals surface area contributed by atoms with Crippen LogP contribution < -0.4 is 0 Å². The second-order valence-corrected chi connectivity index (χ2v) is 4.45. The molecule has 0 saturated carbocycles. The van der Waals surface area contributed by atoms with E-state index >= 15 is 0 Å². The molecule has 0 aliphatic carbocycles. The fourth-order valence-electron chi connectivity index (χ4n) is 0.976. The van der Waals surface area contributed by atoms with Crippen molar-refractivity contribution in [1.29, 1.82) is 0 Å². The van der Waals surface area contributed by atoms with Gasteiger partial charge in [-0.1, -0.05) is 0 Å². The highest BCUT2D eigenvalue weighted by molar-refractivity contribution is 7.99. The first-order valence-electron chi connectivity index (χ1n) is 4.38. The van der Waals surface area contributed by atoms with Gasteiger partial charge in [0.2, 0.25) is 0 Å². The Morgan fingerprint density at radius 3 is 2.93 bits per heavy atom. The van der Waals surface area contributed by atoms with Gasteiger partial charge in [0.1, 0.15) is 0 Å². The van der Waals surface area contributed by atoms with Crippen LogP contribution in [0, 0.1) is 0 Å². The summed E-state index contributed by atoms with van der Waals surface area (Å²) in [6.45, 7) is 1.43. The Kier molecular flexibility index (Phi) is 3.76. The van der Waals surface area contributed by atoms with Crippen LogP contribution in [0.2, 0.25) is 0 Å². The maximum absolute atomic E-state index is 11.2. The molecule has 0 bridgehead atoms. The monoisotopic (exact) mass is 230 g/mol. The molecule has 1 unspecified atom stereocenters. The van der Waals surface area contributed by atoms with Gasteiger partial charge in [-0.2, -0.15) is 5.10 Å². The Morgan fingerprint density at radius 2 is 2.47 bits per heavy atom. The van der Waals surface area contributed by atoms with Crippen LogP contribution >= 0.6 is 11.8 Å². The van der Waals surface area contributed by atoms with Crippen molar-refractivity contribution in [1.82, 2.24) is 9.78 Å². The molecule has 0 spiro atoms. The molecule has 1 atom stereocenters. The number of esters is 1. The van der Waals surface area contributed by atoms with Crippen molar-refractivity contribution in [2.75, 3.05) is 12.9 Å². The predicted molar refractivity (Wildman–Crippen MR) is 56.6 cm³/mol. The first-order chi connectivity index (χ1) is 6.95. The van der Waals surface area contributed by atoms with Gasteiger partial charge in [0.15, 0.2) is 5.60 Å². The normalized spacial score (nSPS) is 14.7. The second kappa shape index (κ2) is 4.67. The fraction of sp³-hybridized carbons (Fsp3) is 0.556. The highest BCUT2D eigenvalue weighted by Crippen LogP contribution is 2.22. The lowest BCUT2D eigenvalue weighted by atomic mass is 10.1. The van der Waals surface area contributed by atoms with Crippen LogP contribution in [-0.2, 0) is 16.6 Å². The minimum absolute atomic E-state index is 0.241. The number of hydrogen-bond acceptors (Lipinski definition) is 5. The molecule has 0 radical (unpaired) electrons. The van der Waals surface area contributed by atoms with Gasteiger partial charge in [0.05, 0.1) is 13.3 Å². The molecule has 1 rings (SSSR count). The number of carbonyl (C=O) groups excluding carboxylic acids is 1. The van der Waals surface area contributed by atoms with Gasteiger partial charge in [-0.25, -0.2) is 4.79 Å². The van der Waals surface area contributed by atoms with Crippen molar-refractivity contribution in [3.05, 3.63) is 12.4 Å². The van der Waals surface area contributed by atoms with Crippen molar-refractivity contribution in [2.45, 2.75) is 17.4 Å². The molecule has 1 aromatic rings. The smallest absolute Gasteiger partial charge is 0.338 e. The largest absolute Gasteiger partial charge is 0.467 e. The maximum atomic E-state index is 11.2. The number of carbonyl (C=O) groups is 1. The average molecular weight is 230 g/mol. The van der Waals surface area contributed by atoms with E-state index in [0.717, 1.165) is 4.90 Å². The van der Waals surface area contributed by atoms with E-state index in [4.69, 9.17) is 0 Å².